The summed E-state index contributed by atoms with van der Waals surface area (Å²) in [5, 5.41) is 0.583. The summed E-state index contributed by atoms with van der Waals surface area (Å²) in [5.74, 6) is -0.170. The standard InChI is InChI=1S/C24H19ClO2/c1-17-7-9-19(10-8-17)23(26)15-21(18-5-3-2-4-6-18)16-24(27)20-11-13-22(25)14-12-20/h2-15H,16H2,1H3. The van der Waals surface area contributed by atoms with E-state index in [-0.39, 0.29) is 18.0 Å². The van der Waals surface area contributed by atoms with Gasteiger partial charge in [-0.15, -0.1) is 0 Å². The van der Waals surface area contributed by atoms with Gasteiger partial charge in [-0.2, -0.15) is 0 Å². The molecule has 0 aliphatic carbocycles. The van der Waals surface area contributed by atoms with E-state index in [0.717, 1.165) is 11.1 Å². The van der Waals surface area contributed by atoms with Gasteiger partial charge >= 0.3 is 0 Å². The van der Waals surface area contributed by atoms with Crippen LogP contribution in [-0.2, 0) is 0 Å². The minimum absolute atomic E-state index is 0.0570. The summed E-state index contributed by atoms with van der Waals surface area (Å²) in [6.07, 6.45) is 1.71. The minimum atomic E-state index is -0.113. The molecule has 0 spiro atoms. The monoisotopic (exact) mass is 374 g/mol. The zero-order valence-electron chi connectivity index (χ0n) is 15.0. The van der Waals surface area contributed by atoms with Gasteiger partial charge in [0.05, 0.1) is 0 Å². The van der Waals surface area contributed by atoms with Gasteiger partial charge in [0.2, 0.25) is 0 Å². The van der Waals surface area contributed by atoms with E-state index in [1.165, 1.54) is 0 Å². The zero-order valence-corrected chi connectivity index (χ0v) is 15.7. The molecule has 0 heterocycles. The molecule has 3 aromatic carbocycles. The van der Waals surface area contributed by atoms with E-state index in [0.29, 0.717) is 21.7 Å². The first-order valence-electron chi connectivity index (χ1n) is 8.69. The minimum Gasteiger partial charge on any atom is -0.294 e. The number of rotatable bonds is 6. The Morgan fingerprint density at radius 2 is 1.37 bits per heavy atom. The largest absolute Gasteiger partial charge is 0.294 e. The fourth-order valence-electron chi connectivity index (χ4n) is 2.76. The molecule has 27 heavy (non-hydrogen) atoms. The second-order valence-electron chi connectivity index (χ2n) is 6.37. The van der Waals surface area contributed by atoms with Crippen molar-refractivity contribution in [1.29, 1.82) is 0 Å². The van der Waals surface area contributed by atoms with Crippen LogP contribution in [0.3, 0.4) is 0 Å². The van der Waals surface area contributed by atoms with Crippen LogP contribution >= 0.6 is 11.6 Å². The third-order valence-electron chi connectivity index (χ3n) is 4.30. The lowest BCUT2D eigenvalue weighted by molar-refractivity contribution is 0.0998. The van der Waals surface area contributed by atoms with Crippen molar-refractivity contribution in [1.82, 2.24) is 0 Å². The smallest absolute Gasteiger partial charge is 0.186 e. The van der Waals surface area contributed by atoms with Gasteiger partial charge < -0.3 is 0 Å². The summed E-state index contributed by atoms with van der Waals surface area (Å²) >= 11 is 5.90. The van der Waals surface area contributed by atoms with Crippen LogP contribution in [-0.4, -0.2) is 11.6 Å². The van der Waals surface area contributed by atoms with Gasteiger partial charge in [-0.05, 0) is 48.4 Å². The maximum atomic E-state index is 12.7. The molecule has 0 radical (unpaired) electrons. The number of halogens is 1. The summed E-state index contributed by atoms with van der Waals surface area (Å²) in [7, 11) is 0. The lowest BCUT2D eigenvalue weighted by Crippen LogP contribution is -2.03. The van der Waals surface area contributed by atoms with Crippen molar-refractivity contribution < 1.29 is 9.59 Å². The maximum absolute atomic E-state index is 12.7. The third-order valence-corrected chi connectivity index (χ3v) is 4.56. The van der Waals surface area contributed by atoms with Crippen molar-refractivity contribution in [2.24, 2.45) is 0 Å². The van der Waals surface area contributed by atoms with Crippen molar-refractivity contribution in [2.75, 3.05) is 0 Å². The number of aryl methyl sites for hydroxylation is 1. The van der Waals surface area contributed by atoms with E-state index in [1.807, 2.05) is 49.4 Å². The van der Waals surface area contributed by atoms with Crippen LogP contribution in [0.1, 0.15) is 38.3 Å². The maximum Gasteiger partial charge on any atom is 0.186 e. The molecule has 0 saturated heterocycles. The first kappa shape index (κ1) is 18.8. The van der Waals surface area contributed by atoms with E-state index >= 15 is 0 Å². The number of allylic oxidation sites excluding steroid dienone is 2. The topological polar surface area (TPSA) is 34.1 Å². The van der Waals surface area contributed by atoms with Gasteiger partial charge in [-0.1, -0.05) is 71.8 Å². The van der Waals surface area contributed by atoms with Crippen LogP contribution in [0, 0.1) is 6.92 Å². The molecule has 0 aliphatic heterocycles. The van der Waals surface area contributed by atoms with Crippen molar-refractivity contribution in [3.63, 3.8) is 0 Å². The number of benzene rings is 3. The Labute approximate surface area is 164 Å². The van der Waals surface area contributed by atoms with Gasteiger partial charge in [0.25, 0.3) is 0 Å². The highest BCUT2D eigenvalue weighted by molar-refractivity contribution is 6.30. The summed E-state index contributed by atoms with van der Waals surface area (Å²) in [5.41, 5.74) is 3.83. The molecule has 3 aromatic rings. The van der Waals surface area contributed by atoms with Crippen molar-refractivity contribution in [3.05, 3.63) is 112 Å². The Bertz CT molecular complexity index is 969. The van der Waals surface area contributed by atoms with E-state index < -0.39 is 0 Å². The molecule has 0 aliphatic rings. The highest BCUT2D eigenvalue weighted by Crippen LogP contribution is 2.22. The highest BCUT2D eigenvalue weighted by atomic mass is 35.5. The second-order valence-corrected chi connectivity index (χ2v) is 6.81. The molecule has 0 amide bonds. The van der Waals surface area contributed by atoms with Crippen LogP contribution in [0.2, 0.25) is 5.02 Å². The van der Waals surface area contributed by atoms with Gasteiger partial charge in [0.15, 0.2) is 11.6 Å². The van der Waals surface area contributed by atoms with Crippen LogP contribution in [0.4, 0.5) is 0 Å². The molecule has 0 atom stereocenters. The van der Waals surface area contributed by atoms with Crippen LogP contribution < -0.4 is 0 Å². The fourth-order valence-corrected chi connectivity index (χ4v) is 2.88. The molecule has 3 rings (SSSR count). The highest BCUT2D eigenvalue weighted by Gasteiger charge is 2.13. The number of Topliss-reactive ketones (excluding diaryl/α,β-unsaturated/α-hetero) is 1. The quantitative estimate of drug-likeness (QED) is 0.381. The van der Waals surface area contributed by atoms with E-state index in [2.05, 4.69) is 0 Å². The Hall–Kier alpha value is -2.97. The first-order chi connectivity index (χ1) is 13.0. The average molecular weight is 375 g/mol. The van der Waals surface area contributed by atoms with Crippen LogP contribution in [0.25, 0.3) is 5.57 Å². The van der Waals surface area contributed by atoms with E-state index in [4.69, 9.17) is 11.6 Å². The average Bonchev–Trinajstić information content (AvgIpc) is 2.69. The molecule has 0 bridgehead atoms. The molecular weight excluding hydrogens is 356 g/mol. The molecule has 0 N–H and O–H groups in total. The van der Waals surface area contributed by atoms with Gasteiger partial charge in [-0.3, -0.25) is 9.59 Å². The van der Waals surface area contributed by atoms with Gasteiger partial charge in [0, 0.05) is 22.6 Å². The van der Waals surface area contributed by atoms with Crippen molar-refractivity contribution >= 4 is 28.7 Å². The molecular formula is C24H19ClO2. The SMILES string of the molecule is Cc1ccc(C(=O)C=C(CC(=O)c2ccc(Cl)cc2)c2ccccc2)cc1. The van der Waals surface area contributed by atoms with E-state index in [1.54, 1.807) is 42.5 Å². The lowest BCUT2D eigenvalue weighted by atomic mass is 9.95. The predicted octanol–water partition coefficient (Wildman–Crippen LogP) is 6.19. The normalized spacial score (nSPS) is 11.3. The van der Waals surface area contributed by atoms with Gasteiger partial charge in [0.1, 0.15) is 0 Å². The molecule has 0 aromatic heterocycles. The Morgan fingerprint density at radius 1 is 0.778 bits per heavy atom. The summed E-state index contributed by atoms with van der Waals surface area (Å²) in [6.45, 7) is 1.98. The molecule has 0 fully saturated rings. The van der Waals surface area contributed by atoms with Gasteiger partial charge in [-0.25, -0.2) is 0 Å². The molecule has 134 valence electrons. The van der Waals surface area contributed by atoms with E-state index in [9.17, 15) is 9.59 Å². The molecule has 0 saturated carbocycles. The lowest BCUT2D eigenvalue weighted by Gasteiger charge is -2.08. The number of hydrogen-bond acceptors (Lipinski definition) is 2. The summed E-state index contributed by atoms with van der Waals surface area (Å²) in [4.78, 5) is 25.4. The first-order valence-corrected chi connectivity index (χ1v) is 9.06. The number of carbonyl (C=O) groups is 2. The van der Waals surface area contributed by atoms with Crippen LogP contribution in [0.5, 0.6) is 0 Å². The summed E-state index contributed by atoms with van der Waals surface area (Å²) < 4.78 is 0. The number of carbonyl (C=O) groups excluding carboxylic acids is 2. The van der Waals surface area contributed by atoms with Crippen molar-refractivity contribution in [2.45, 2.75) is 13.3 Å². The molecule has 2 nitrogen and oxygen atoms in total. The molecule has 0 unspecified atom stereocenters. The number of hydrogen-bond donors (Lipinski definition) is 0. The summed E-state index contributed by atoms with van der Waals surface area (Å²) in [6, 6.07) is 23.7. The van der Waals surface area contributed by atoms with Crippen molar-refractivity contribution in [3.8, 4) is 0 Å². The van der Waals surface area contributed by atoms with Crippen LogP contribution in [0.15, 0.2) is 84.9 Å². The zero-order chi connectivity index (χ0) is 19.2. The Balaban J connectivity index is 1.91. The Kier molecular flexibility index (Phi) is 6.00. The fraction of sp³-hybridized carbons (Fsp3) is 0.0833. The molecule has 3 heteroatoms. The Morgan fingerprint density at radius 3 is 2.00 bits per heavy atom. The second kappa shape index (κ2) is 8.61. The number of ketones is 2. The predicted molar refractivity (Wildman–Crippen MR) is 110 cm³/mol. The third kappa shape index (κ3) is 5.02.